The summed E-state index contributed by atoms with van der Waals surface area (Å²) in [5.74, 6) is -2.68. The number of allylic oxidation sites excluding steroid dienone is 2. The van der Waals surface area contributed by atoms with Crippen LogP contribution in [0.25, 0.3) is 5.57 Å². The van der Waals surface area contributed by atoms with Gasteiger partial charge in [-0.15, -0.1) is 0 Å². The van der Waals surface area contributed by atoms with Crippen molar-refractivity contribution in [1.29, 1.82) is 0 Å². The molecule has 8 heteroatoms. The van der Waals surface area contributed by atoms with Gasteiger partial charge in [-0.3, -0.25) is 24.5 Å². The number of anilines is 1. The van der Waals surface area contributed by atoms with Crippen molar-refractivity contribution >= 4 is 34.6 Å². The molecule has 2 aliphatic rings. The van der Waals surface area contributed by atoms with Gasteiger partial charge in [0.25, 0.3) is 5.69 Å². The average Bonchev–Trinajstić information content (AvgIpc) is 2.98. The number of carbonyl (C=O) groups is 3. The number of fused-ring (bicyclic) bond motifs is 2. The molecule has 152 valence electrons. The number of amides is 1. The predicted molar refractivity (Wildman–Crippen MR) is 108 cm³/mol. The maximum atomic E-state index is 13.5. The quantitative estimate of drug-likeness (QED) is 0.336. The first-order chi connectivity index (χ1) is 14.3. The summed E-state index contributed by atoms with van der Waals surface area (Å²) in [5, 5.41) is 10.9. The molecule has 8 nitrogen and oxygen atoms in total. The van der Waals surface area contributed by atoms with E-state index in [1.54, 1.807) is 31.3 Å². The van der Waals surface area contributed by atoms with Crippen LogP contribution in [0, 0.1) is 16.0 Å². The number of para-hydroxylation sites is 1. The van der Waals surface area contributed by atoms with E-state index in [1.165, 1.54) is 42.4 Å². The number of nitrogens with zero attached hydrogens (tertiary/aromatic N) is 2. The summed E-state index contributed by atoms with van der Waals surface area (Å²) in [6.07, 6.45) is 1.46. The zero-order valence-electron chi connectivity index (χ0n) is 16.3. The van der Waals surface area contributed by atoms with E-state index >= 15 is 0 Å². The first kappa shape index (κ1) is 19.5. The van der Waals surface area contributed by atoms with Crippen LogP contribution in [0.3, 0.4) is 0 Å². The molecule has 2 aromatic carbocycles. The first-order valence-corrected chi connectivity index (χ1v) is 9.27. The minimum absolute atomic E-state index is 0.0796. The van der Waals surface area contributed by atoms with Crippen LogP contribution in [0.1, 0.15) is 17.5 Å². The molecule has 0 saturated heterocycles. The van der Waals surface area contributed by atoms with Gasteiger partial charge in [0.15, 0.2) is 11.2 Å². The topological polar surface area (TPSA) is 107 Å². The van der Waals surface area contributed by atoms with E-state index in [1.807, 2.05) is 0 Å². The third-order valence-corrected chi connectivity index (χ3v) is 5.91. The van der Waals surface area contributed by atoms with Gasteiger partial charge in [0.2, 0.25) is 5.91 Å². The van der Waals surface area contributed by atoms with E-state index in [0.29, 0.717) is 22.4 Å². The molecule has 1 aliphatic carbocycles. The molecule has 2 aromatic rings. The van der Waals surface area contributed by atoms with Crippen molar-refractivity contribution in [3.8, 4) is 0 Å². The lowest BCUT2D eigenvalue weighted by Gasteiger charge is -2.36. The Morgan fingerprint density at radius 2 is 1.83 bits per heavy atom. The SMILES string of the molecule is COC(=O)[C@@H]1CC(c2ccc([N+](=O)[O-])cc2)=CC(=O)[C@@]12C(=O)N(C)c1ccccc12. The van der Waals surface area contributed by atoms with Crippen molar-refractivity contribution in [2.45, 2.75) is 11.8 Å². The second-order valence-corrected chi connectivity index (χ2v) is 7.31. The largest absolute Gasteiger partial charge is 0.469 e. The summed E-state index contributed by atoms with van der Waals surface area (Å²) in [4.78, 5) is 51.4. The summed E-state index contributed by atoms with van der Waals surface area (Å²) in [6, 6.07) is 12.6. The smallest absolute Gasteiger partial charge is 0.310 e. The highest BCUT2D eigenvalue weighted by atomic mass is 16.6. The van der Waals surface area contributed by atoms with Gasteiger partial charge in [0, 0.05) is 30.4 Å². The Kier molecular flexibility index (Phi) is 4.49. The van der Waals surface area contributed by atoms with Crippen LogP contribution in [0.15, 0.2) is 54.6 Å². The van der Waals surface area contributed by atoms with E-state index in [0.717, 1.165) is 0 Å². The number of carbonyl (C=O) groups excluding carboxylic acids is 3. The summed E-state index contributed by atoms with van der Waals surface area (Å²) < 4.78 is 4.98. The summed E-state index contributed by atoms with van der Waals surface area (Å²) >= 11 is 0. The average molecular weight is 406 g/mol. The highest BCUT2D eigenvalue weighted by Gasteiger charge is 2.63. The Morgan fingerprint density at radius 1 is 1.17 bits per heavy atom. The van der Waals surface area contributed by atoms with E-state index in [-0.39, 0.29) is 12.1 Å². The number of nitro benzene ring substituents is 1. The van der Waals surface area contributed by atoms with Crippen LogP contribution < -0.4 is 4.90 Å². The number of non-ortho nitro benzene ring substituents is 1. The summed E-state index contributed by atoms with van der Waals surface area (Å²) in [5.41, 5.74) is 0.404. The van der Waals surface area contributed by atoms with Crippen molar-refractivity contribution in [3.63, 3.8) is 0 Å². The maximum Gasteiger partial charge on any atom is 0.310 e. The molecule has 0 aromatic heterocycles. The molecule has 0 radical (unpaired) electrons. The third kappa shape index (κ3) is 2.57. The van der Waals surface area contributed by atoms with E-state index < -0.39 is 33.9 Å². The van der Waals surface area contributed by atoms with Crippen LogP contribution in [0.5, 0.6) is 0 Å². The first-order valence-electron chi connectivity index (χ1n) is 9.27. The molecular formula is C22H18N2O6. The zero-order valence-corrected chi connectivity index (χ0v) is 16.3. The Bertz CT molecular complexity index is 1120. The molecular weight excluding hydrogens is 388 g/mol. The lowest BCUT2D eigenvalue weighted by atomic mass is 9.62. The van der Waals surface area contributed by atoms with Crippen LogP contribution in [0.4, 0.5) is 11.4 Å². The Hall–Kier alpha value is -3.81. The van der Waals surface area contributed by atoms with Gasteiger partial charge in [-0.25, -0.2) is 0 Å². The highest BCUT2D eigenvalue weighted by Crippen LogP contribution is 2.52. The minimum atomic E-state index is -1.68. The van der Waals surface area contributed by atoms with Gasteiger partial charge < -0.3 is 9.64 Å². The fraction of sp³-hybridized carbons (Fsp3) is 0.227. The number of methoxy groups -OCH3 is 1. The zero-order chi connectivity index (χ0) is 21.6. The predicted octanol–water partition coefficient (Wildman–Crippen LogP) is 2.65. The minimum Gasteiger partial charge on any atom is -0.469 e. The summed E-state index contributed by atoms with van der Waals surface area (Å²) in [6.45, 7) is 0. The normalized spacial score (nSPS) is 22.7. The molecule has 0 fully saturated rings. The van der Waals surface area contributed by atoms with Crippen molar-refractivity contribution < 1.29 is 24.0 Å². The van der Waals surface area contributed by atoms with Gasteiger partial charge in [-0.05, 0) is 41.8 Å². The summed E-state index contributed by atoms with van der Waals surface area (Å²) in [7, 11) is 2.80. The van der Waals surface area contributed by atoms with Crippen LogP contribution in [-0.4, -0.2) is 36.7 Å². The van der Waals surface area contributed by atoms with Gasteiger partial charge in [-0.2, -0.15) is 0 Å². The number of hydrogen-bond donors (Lipinski definition) is 0. The molecule has 2 atom stereocenters. The van der Waals surface area contributed by atoms with Crippen molar-refractivity contribution in [3.05, 3.63) is 75.8 Å². The lowest BCUT2D eigenvalue weighted by Crippen LogP contribution is -2.54. The van der Waals surface area contributed by atoms with Crippen LogP contribution >= 0.6 is 0 Å². The molecule has 0 unspecified atom stereocenters. The van der Waals surface area contributed by atoms with Crippen molar-refractivity contribution in [2.75, 3.05) is 19.1 Å². The fourth-order valence-electron chi connectivity index (χ4n) is 4.44. The van der Waals surface area contributed by atoms with Gasteiger partial charge >= 0.3 is 5.97 Å². The Labute approximate surface area is 171 Å². The second-order valence-electron chi connectivity index (χ2n) is 7.31. The fourth-order valence-corrected chi connectivity index (χ4v) is 4.44. The van der Waals surface area contributed by atoms with Crippen LogP contribution in [-0.2, 0) is 24.5 Å². The molecule has 4 rings (SSSR count). The number of hydrogen-bond acceptors (Lipinski definition) is 6. The number of likely N-dealkylation sites (N-methyl/N-ethyl adjacent to an activating group) is 1. The van der Waals surface area contributed by atoms with E-state index in [4.69, 9.17) is 4.74 Å². The van der Waals surface area contributed by atoms with Gasteiger partial charge in [0.1, 0.15) is 0 Å². The molecule has 0 N–H and O–H groups in total. The number of rotatable bonds is 3. The standard InChI is InChI=1S/C22H18N2O6/c1-23-18-6-4-3-5-16(18)22(21(23)27)17(20(26)30-2)11-14(12-19(22)25)13-7-9-15(10-8-13)24(28)29/h3-10,12,17H,11H2,1-2H3/t17-,22-/m0/s1. The molecule has 0 saturated carbocycles. The number of ether oxygens (including phenoxy) is 1. The monoisotopic (exact) mass is 406 g/mol. The van der Waals surface area contributed by atoms with Crippen molar-refractivity contribution in [1.82, 2.24) is 0 Å². The third-order valence-electron chi connectivity index (χ3n) is 5.91. The molecule has 1 heterocycles. The Morgan fingerprint density at radius 3 is 2.47 bits per heavy atom. The molecule has 1 spiro atoms. The number of ketones is 1. The van der Waals surface area contributed by atoms with Crippen LogP contribution in [0.2, 0.25) is 0 Å². The molecule has 1 aliphatic heterocycles. The van der Waals surface area contributed by atoms with E-state index in [9.17, 15) is 24.5 Å². The maximum absolute atomic E-state index is 13.5. The van der Waals surface area contributed by atoms with E-state index in [2.05, 4.69) is 0 Å². The highest BCUT2D eigenvalue weighted by molar-refractivity contribution is 6.28. The van der Waals surface area contributed by atoms with Crippen molar-refractivity contribution in [2.24, 2.45) is 5.92 Å². The van der Waals surface area contributed by atoms with Gasteiger partial charge in [-0.1, -0.05) is 18.2 Å². The number of esters is 1. The molecule has 1 amide bonds. The lowest BCUT2D eigenvalue weighted by molar-refractivity contribution is -0.384. The number of nitro groups is 1. The molecule has 30 heavy (non-hydrogen) atoms. The second kappa shape index (κ2) is 6.91. The molecule has 0 bridgehead atoms. The number of benzene rings is 2. The Balaban J connectivity index is 1.88. The van der Waals surface area contributed by atoms with Gasteiger partial charge in [0.05, 0.1) is 18.0 Å².